The second-order valence-electron chi connectivity index (χ2n) is 3.22. The highest BCUT2D eigenvalue weighted by atomic mass is 16.7. The number of hydrogen-bond acceptors (Lipinski definition) is 4. The lowest BCUT2D eigenvalue weighted by atomic mass is 9.94. The van der Waals surface area contributed by atoms with Gasteiger partial charge in [-0.3, -0.25) is 4.79 Å². The summed E-state index contributed by atoms with van der Waals surface area (Å²) in [7, 11) is 0. The second-order valence-corrected chi connectivity index (χ2v) is 3.22. The van der Waals surface area contributed by atoms with E-state index in [0.717, 1.165) is 12.8 Å². The van der Waals surface area contributed by atoms with Crippen molar-refractivity contribution in [1.82, 2.24) is 5.06 Å². The van der Waals surface area contributed by atoms with Crippen LogP contribution in [0.4, 0.5) is 4.79 Å². The Bertz CT molecular complexity index is 209. The van der Waals surface area contributed by atoms with E-state index in [4.69, 9.17) is 5.73 Å². The van der Waals surface area contributed by atoms with Crippen LogP contribution in [0.15, 0.2) is 0 Å². The topological polar surface area (TPSA) is 72.6 Å². The number of Topliss-reactive ketones (excluding diaryl/α,β-unsaturated/α-hetero) is 1. The van der Waals surface area contributed by atoms with Crippen molar-refractivity contribution in [2.45, 2.75) is 19.8 Å². The Morgan fingerprint density at radius 1 is 1.38 bits per heavy atom. The Kier molecular flexibility index (Phi) is 3.25. The minimum absolute atomic E-state index is 0.118. The van der Waals surface area contributed by atoms with E-state index in [1.165, 1.54) is 5.06 Å². The predicted molar refractivity (Wildman–Crippen MR) is 45.6 cm³/mol. The molecule has 1 fully saturated rings. The molecule has 1 amide bonds. The number of rotatable bonds is 2. The first-order chi connectivity index (χ1) is 6.09. The van der Waals surface area contributed by atoms with Crippen LogP contribution in [0.5, 0.6) is 0 Å². The van der Waals surface area contributed by atoms with Gasteiger partial charge in [0, 0.05) is 19.0 Å². The molecule has 5 heteroatoms. The Hall–Kier alpha value is -1.10. The molecule has 1 saturated heterocycles. The fourth-order valence-electron chi connectivity index (χ4n) is 1.48. The normalized spacial score (nSPS) is 19.8. The molecule has 0 aromatic carbocycles. The van der Waals surface area contributed by atoms with Crippen molar-refractivity contribution in [3.8, 4) is 0 Å². The SMILES string of the molecule is CC(=O)C1CCN(OC(N)=O)CC1. The zero-order valence-corrected chi connectivity index (χ0v) is 7.66. The minimum Gasteiger partial charge on any atom is -0.351 e. The first-order valence-corrected chi connectivity index (χ1v) is 4.32. The number of carbonyl (C=O) groups is 2. The van der Waals surface area contributed by atoms with Gasteiger partial charge >= 0.3 is 6.09 Å². The van der Waals surface area contributed by atoms with Gasteiger partial charge in [0.15, 0.2) is 0 Å². The molecule has 13 heavy (non-hydrogen) atoms. The van der Waals surface area contributed by atoms with Gasteiger partial charge in [-0.1, -0.05) is 0 Å². The van der Waals surface area contributed by atoms with Gasteiger partial charge in [-0.15, -0.1) is 5.06 Å². The quantitative estimate of drug-likeness (QED) is 0.673. The molecule has 0 saturated carbocycles. The van der Waals surface area contributed by atoms with Crippen LogP contribution in [-0.4, -0.2) is 30.0 Å². The summed E-state index contributed by atoms with van der Waals surface area (Å²) in [5, 5.41) is 1.50. The van der Waals surface area contributed by atoms with Gasteiger partial charge in [-0.2, -0.15) is 0 Å². The number of hydrogen-bond donors (Lipinski definition) is 1. The first kappa shape index (κ1) is 9.98. The first-order valence-electron chi connectivity index (χ1n) is 4.32. The van der Waals surface area contributed by atoms with Crippen LogP contribution in [-0.2, 0) is 9.63 Å². The van der Waals surface area contributed by atoms with Crippen molar-refractivity contribution in [3.63, 3.8) is 0 Å². The van der Waals surface area contributed by atoms with E-state index < -0.39 is 6.09 Å². The highest BCUT2D eigenvalue weighted by Gasteiger charge is 2.23. The molecule has 0 atom stereocenters. The summed E-state index contributed by atoms with van der Waals surface area (Å²) in [4.78, 5) is 26.0. The van der Waals surface area contributed by atoms with Crippen molar-refractivity contribution < 1.29 is 14.4 Å². The van der Waals surface area contributed by atoms with E-state index in [9.17, 15) is 9.59 Å². The molecule has 1 rings (SSSR count). The summed E-state index contributed by atoms with van der Waals surface area (Å²) >= 11 is 0. The fraction of sp³-hybridized carbons (Fsp3) is 0.750. The van der Waals surface area contributed by atoms with Crippen LogP contribution in [0.2, 0.25) is 0 Å². The average molecular weight is 186 g/mol. The van der Waals surface area contributed by atoms with Crippen molar-refractivity contribution in [2.24, 2.45) is 11.7 Å². The third-order valence-corrected chi connectivity index (χ3v) is 2.25. The molecule has 0 unspecified atom stereocenters. The number of carbonyl (C=O) groups excluding carboxylic acids is 2. The highest BCUT2D eigenvalue weighted by Crippen LogP contribution is 2.17. The number of piperidine rings is 1. The summed E-state index contributed by atoms with van der Waals surface area (Å²) < 4.78 is 0. The summed E-state index contributed by atoms with van der Waals surface area (Å²) in [6.07, 6.45) is 0.687. The van der Waals surface area contributed by atoms with Crippen molar-refractivity contribution in [1.29, 1.82) is 0 Å². The van der Waals surface area contributed by atoms with E-state index in [1.54, 1.807) is 6.92 Å². The number of nitrogens with two attached hydrogens (primary N) is 1. The Balaban J connectivity index is 2.30. The molecule has 1 aliphatic rings. The summed E-state index contributed by atoms with van der Waals surface area (Å²) in [6, 6.07) is 0. The van der Waals surface area contributed by atoms with Crippen LogP contribution in [0.1, 0.15) is 19.8 Å². The van der Waals surface area contributed by atoms with E-state index in [2.05, 4.69) is 4.84 Å². The standard InChI is InChI=1S/C8H14N2O3/c1-6(11)7-2-4-10(5-3-7)13-8(9)12/h7H,2-5H2,1H3,(H2,9,12). The number of primary amides is 1. The van der Waals surface area contributed by atoms with Crippen LogP contribution in [0.3, 0.4) is 0 Å². The van der Waals surface area contributed by atoms with Crippen molar-refractivity contribution in [2.75, 3.05) is 13.1 Å². The number of hydroxylamine groups is 2. The van der Waals surface area contributed by atoms with Gasteiger partial charge in [0.25, 0.3) is 0 Å². The largest absolute Gasteiger partial charge is 0.423 e. The number of amides is 1. The monoisotopic (exact) mass is 186 g/mol. The molecular formula is C8H14N2O3. The van der Waals surface area contributed by atoms with E-state index >= 15 is 0 Å². The smallest absolute Gasteiger partial charge is 0.351 e. The number of nitrogens with zero attached hydrogens (tertiary/aromatic N) is 1. The average Bonchev–Trinajstić information content (AvgIpc) is 2.04. The molecule has 74 valence electrons. The third-order valence-electron chi connectivity index (χ3n) is 2.25. The highest BCUT2D eigenvalue weighted by molar-refractivity contribution is 5.78. The molecule has 0 spiro atoms. The lowest BCUT2D eigenvalue weighted by Crippen LogP contribution is -2.38. The maximum Gasteiger partial charge on any atom is 0.423 e. The third kappa shape index (κ3) is 3.02. The minimum atomic E-state index is -0.790. The molecule has 2 N–H and O–H groups in total. The van der Waals surface area contributed by atoms with Gasteiger partial charge in [0.2, 0.25) is 0 Å². The van der Waals surface area contributed by atoms with E-state index in [1.807, 2.05) is 0 Å². The van der Waals surface area contributed by atoms with Crippen LogP contribution in [0, 0.1) is 5.92 Å². The van der Waals surface area contributed by atoms with Crippen LogP contribution in [0.25, 0.3) is 0 Å². The maximum absolute atomic E-state index is 11.0. The summed E-state index contributed by atoms with van der Waals surface area (Å²) in [6.45, 7) is 2.77. The molecule has 0 aliphatic carbocycles. The summed E-state index contributed by atoms with van der Waals surface area (Å²) in [5.41, 5.74) is 4.85. The van der Waals surface area contributed by atoms with E-state index in [-0.39, 0.29) is 11.7 Å². The molecule has 1 heterocycles. The zero-order chi connectivity index (χ0) is 9.84. The van der Waals surface area contributed by atoms with Gasteiger partial charge in [-0.25, -0.2) is 4.79 Å². The number of ketones is 1. The van der Waals surface area contributed by atoms with Gasteiger partial charge < -0.3 is 10.6 Å². The molecule has 0 aromatic rings. The Labute approximate surface area is 76.8 Å². The van der Waals surface area contributed by atoms with Crippen LogP contribution >= 0.6 is 0 Å². The predicted octanol–water partition coefficient (Wildman–Crippen LogP) is 0.298. The molecule has 5 nitrogen and oxygen atoms in total. The Morgan fingerprint density at radius 2 is 1.92 bits per heavy atom. The molecule has 0 bridgehead atoms. The zero-order valence-electron chi connectivity index (χ0n) is 7.66. The summed E-state index contributed by atoms with van der Waals surface area (Å²) in [5.74, 6) is 0.325. The lowest BCUT2D eigenvalue weighted by Gasteiger charge is -2.28. The second kappa shape index (κ2) is 4.23. The Morgan fingerprint density at radius 3 is 2.31 bits per heavy atom. The van der Waals surface area contributed by atoms with Crippen LogP contribution < -0.4 is 5.73 Å². The van der Waals surface area contributed by atoms with E-state index in [0.29, 0.717) is 13.1 Å². The molecular weight excluding hydrogens is 172 g/mol. The fourth-order valence-corrected chi connectivity index (χ4v) is 1.48. The van der Waals surface area contributed by atoms with Crippen molar-refractivity contribution in [3.05, 3.63) is 0 Å². The van der Waals surface area contributed by atoms with Gasteiger partial charge in [-0.05, 0) is 19.8 Å². The molecule has 0 radical (unpaired) electrons. The molecule has 1 aliphatic heterocycles. The maximum atomic E-state index is 11.0. The van der Waals surface area contributed by atoms with Gasteiger partial charge in [0.1, 0.15) is 5.78 Å². The molecule has 0 aromatic heterocycles. The van der Waals surface area contributed by atoms with Crippen molar-refractivity contribution >= 4 is 11.9 Å². The van der Waals surface area contributed by atoms with Gasteiger partial charge in [0.05, 0.1) is 0 Å². The lowest BCUT2D eigenvalue weighted by molar-refractivity contribution is -0.133.